The molecule has 0 aromatic heterocycles. The van der Waals surface area contributed by atoms with Gasteiger partial charge in [-0.1, -0.05) is 26.2 Å². The van der Waals surface area contributed by atoms with E-state index in [9.17, 15) is 4.79 Å². The van der Waals surface area contributed by atoms with Crippen LogP contribution in [0.3, 0.4) is 0 Å². The van der Waals surface area contributed by atoms with Crippen LogP contribution in [0.1, 0.15) is 58.8 Å². The Bertz CT molecular complexity index is 284. The Kier molecular flexibility index (Phi) is 5.68. The molecule has 19 heavy (non-hydrogen) atoms. The highest BCUT2D eigenvalue weighted by Gasteiger charge is 2.24. The fourth-order valence-electron chi connectivity index (χ4n) is 3.59. The van der Waals surface area contributed by atoms with Crippen molar-refractivity contribution in [2.24, 2.45) is 17.8 Å². The SMILES string of the molecule is CC1CCCC(CCNC(=O)C2CCC(C)NC2)C1. The second kappa shape index (κ2) is 7.28. The van der Waals surface area contributed by atoms with Crippen LogP contribution in [0.5, 0.6) is 0 Å². The van der Waals surface area contributed by atoms with E-state index in [1.54, 1.807) is 0 Å². The smallest absolute Gasteiger partial charge is 0.224 e. The fraction of sp³-hybridized carbons (Fsp3) is 0.938. The molecule has 2 aliphatic rings. The summed E-state index contributed by atoms with van der Waals surface area (Å²) in [5.41, 5.74) is 0. The topological polar surface area (TPSA) is 41.1 Å². The van der Waals surface area contributed by atoms with Gasteiger partial charge in [-0.15, -0.1) is 0 Å². The normalized spacial score (nSPS) is 35.9. The summed E-state index contributed by atoms with van der Waals surface area (Å²) < 4.78 is 0. The molecule has 0 spiro atoms. The van der Waals surface area contributed by atoms with Crippen LogP contribution < -0.4 is 10.6 Å². The molecular weight excluding hydrogens is 236 g/mol. The molecule has 1 amide bonds. The number of hydrogen-bond acceptors (Lipinski definition) is 2. The van der Waals surface area contributed by atoms with Crippen molar-refractivity contribution in [2.45, 2.75) is 64.8 Å². The van der Waals surface area contributed by atoms with Crippen LogP contribution in [0, 0.1) is 17.8 Å². The molecule has 1 saturated carbocycles. The highest BCUT2D eigenvalue weighted by molar-refractivity contribution is 5.78. The lowest BCUT2D eigenvalue weighted by Crippen LogP contribution is -2.44. The zero-order valence-corrected chi connectivity index (χ0v) is 12.6. The van der Waals surface area contributed by atoms with Gasteiger partial charge in [0.15, 0.2) is 0 Å². The predicted octanol–water partition coefficient (Wildman–Crippen LogP) is 2.71. The number of rotatable bonds is 4. The van der Waals surface area contributed by atoms with E-state index >= 15 is 0 Å². The van der Waals surface area contributed by atoms with E-state index < -0.39 is 0 Å². The Morgan fingerprint density at radius 1 is 1.21 bits per heavy atom. The van der Waals surface area contributed by atoms with Crippen molar-refractivity contribution in [2.75, 3.05) is 13.1 Å². The van der Waals surface area contributed by atoms with Crippen LogP contribution in [0.2, 0.25) is 0 Å². The molecule has 3 nitrogen and oxygen atoms in total. The zero-order chi connectivity index (χ0) is 13.7. The van der Waals surface area contributed by atoms with Crippen LogP contribution in [0.15, 0.2) is 0 Å². The minimum atomic E-state index is 0.196. The first-order chi connectivity index (χ1) is 9.15. The average Bonchev–Trinajstić information content (AvgIpc) is 2.39. The Balaban J connectivity index is 1.61. The van der Waals surface area contributed by atoms with Gasteiger partial charge in [0, 0.05) is 19.1 Å². The van der Waals surface area contributed by atoms with E-state index in [4.69, 9.17) is 0 Å². The van der Waals surface area contributed by atoms with Gasteiger partial charge in [0.1, 0.15) is 0 Å². The first kappa shape index (κ1) is 14.8. The molecule has 2 rings (SSSR count). The number of carbonyl (C=O) groups excluding carboxylic acids is 1. The lowest BCUT2D eigenvalue weighted by molar-refractivity contribution is -0.125. The lowest BCUT2D eigenvalue weighted by atomic mass is 9.81. The zero-order valence-electron chi connectivity index (χ0n) is 12.6. The monoisotopic (exact) mass is 266 g/mol. The van der Waals surface area contributed by atoms with Gasteiger partial charge in [0.2, 0.25) is 5.91 Å². The fourth-order valence-corrected chi connectivity index (χ4v) is 3.59. The van der Waals surface area contributed by atoms with E-state index in [1.807, 2.05) is 0 Å². The largest absolute Gasteiger partial charge is 0.356 e. The molecule has 1 heterocycles. The van der Waals surface area contributed by atoms with E-state index in [1.165, 1.54) is 32.1 Å². The van der Waals surface area contributed by atoms with Gasteiger partial charge in [0.25, 0.3) is 0 Å². The number of nitrogens with one attached hydrogen (secondary N) is 2. The summed E-state index contributed by atoms with van der Waals surface area (Å²) in [7, 11) is 0. The Morgan fingerprint density at radius 2 is 2.05 bits per heavy atom. The highest BCUT2D eigenvalue weighted by atomic mass is 16.1. The minimum absolute atomic E-state index is 0.196. The molecule has 2 fully saturated rings. The summed E-state index contributed by atoms with van der Waals surface area (Å²) in [6.07, 6.45) is 8.84. The van der Waals surface area contributed by atoms with Gasteiger partial charge in [-0.25, -0.2) is 0 Å². The summed E-state index contributed by atoms with van der Waals surface area (Å²) in [4.78, 5) is 12.1. The number of carbonyl (C=O) groups is 1. The van der Waals surface area contributed by atoms with Crippen molar-refractivity contribution in [3.05, 3.63) is 0 Å². The van der Waals surface area contributed by atoms with Gasteiger partial charge in [-0.05, 0) is 44.4 Å². The Labute approximate surface area is 117 Å². The van der Waals surface area contributed by atoms with Crippen LogP contribution in [0.4, 0.5) is 0 Å². The van der Waals surface area contributed by atoms with E-state index in [0.29, 0.717) is 6.04 Å². The second-order valence-electron chi connectivity index (χ2n) is 6.80. The minimum Gasteiger partial charge on any atom is -0.356 e. The average molecular weight is 266 g/mol. The van der Waals surface area contributed by atoms with Crippen molar-refractivity contribution in [3.8, 4) is 0 Å². The first-order valence-electron chi connectivity index (χ1n) is 8.16. The van der Waals surface area contributed by atoms with E-state index in [0.717, 1.165) is 37.8 Å². The van der Waals surface area contributed by atoms with Crippen LogP contribution in [0.25, 0.3) is 0 Å². The maximum Gasteiger partial charge on any atom is 0.224 e. The second-order valence-corrected chi connectivity index (χ2v) is 6.80. The summed E-state index contributed by atoms with van der Waals surface area (Å²) in [5.74, 6) is 2.19. The van der Waals surface area contributed by atoms with Crippen LogP contribution in [-0.2, 0) is 4.79 Å². The van der Waals surface area contributed by atoms with Crippen molar-refractivity contribution in [3.63, 3.8) is 0 Å². The highest BCUT2D eigenvalue weighted by Crippen LogP contribution is 2.30. The van der Waals surface area contributed by atoms with E-state index in [-0.39, 0.29) is 11.8 Å². The van der Waals surface area contributed by atoms with Crippen molar-refractivity contribution in [1.29, 1.82) is 0 Å². The molecule has 110 valence electrons. The molecule has 0 aromatic rings. The standard InChI is InChI=1S/C16H30N2O/c1-12-4-3-5-14(10-12)8-9-17-16(19)15-7-6-13(2)18-11-15/h12-15,18H,3-11H2,1-2H3,(H,17,19). The van der Waals surface area contributed by atoms with Crippen molar-refractivity contribution in [1.82, 2.24) is 10.6 Å². The summed E-state index contributed by atoms with van der Waals surface area (Å²) in [6, 6.07) is 0.577. The molecular formula is C16H30N2O. The quantitative estimate of drug-likeness (QED) is 0.821. The third-order valence-corrected chi connectivity index (χ3v) is 4.93. The van der Waals surface area contributed by atoms with Gasteiger partial charge in [0.05, 0.1) is 5.92 Å². The molecule has 4 unspecified atom stereocenters. The summed E-state index contributed by atoms with van der Waals surface area (Å²) in [6.45, 7) is 6.29. The third-order valence-electron chi connectivity index (χ3n) is 4.93. The van der Waals surface area contributed by atoms with Crippen LogP contribution >= 0.6 is 0 Å². The molecule has 4 atom stereocenters. The first-order valence-corrected chi connectivity index (χ1v) is 8.16. The molecule has 0 aromatic carbocycles. The van der Waals surface area contributed by atoms with Gasteiger partial charge in [-0.2, -0.15) is 0 Å². The molecule has 0 bridgehead atoms. The third kappa shape index (κ3) is 4.79. The molecule has 1 aliphatic heterocycles. The Morgan fingerprint density at radius 3 is 2.74 bits per heavy atom. The maximum atomic E-state index is 12.1. The molecule has 0 radical (unpaired) electrons. The number of amides is 1. The van der Waals surface area contributed by atoms with Crippen molar-refractivity contribution < 1.29 is 4.79 Å². The summed E-state index contributed by atoms with van der Waals surface area (Å²) in [5, 5.41) is 6.55. The number of hydrogen-bond donors (Lipinski definition) is 2. The van der Waals surface area contributed by atoms with Gasteiger partial charge in [-0.3, -0.25) is 4.79 Å². The van der Waals surface area contributed by atoms with Crippen molar-refractivity contribution >= 4 is 5.91 Å². The molecule has 1 aliphatic carbocycles. The predicted molar refractivity (Wildman–Crippen MR) is 78.9 cm³/mol. The summed E-state index contributed by atoms with van der Waals surface area (Å²) >= 11 is 0. The van der Waals surface area contributed by atoms with Gasteiger partial charge < -0.3 is 10.6 Å². The molecule has 2 N–H and O–H groups in total. The number of piperidine rings is 1. The van der Waals surface area contributed by atoms with E-state index in [2.05, 4.69) is 24.5 Å². The lowest BCUT2D eigenvalue weighted by Gasteiger charge is -2.28. The maximum absolute atomic E-state index is 12.1. The molecule has 1 saturated heterocycles. The molecule has 3 heteroatoms. The van der Waals surface area contributed by atoms with Gasteiger partial charge >= 0.3 is 0 Å². The Hall–Kier alpha value is -0.570. The van der Waals surface area contributed by atoms with Crippen LogP contribution in [-0.4, -0.2) is 25.0 Å².